The number of thiophene rings is 1. The summed E-state index contributed by atoms with van der Waals surface area (Å²) in [7, 11) is 0. The van der Waals surface area contributed by atoms with Crippen LogP contribution in [0, 0.1) is 0 Å². The van der Waals surface area contributed by atoms with E-state index in [1.165, 1.54) is 11.3 Å². The van der Waals surface area contributed by atoms with E-state index in [0.717, 1.165) is 14.6 Å². The molecule has 3 aromatic rings. The van der Waals surface area contributed by atoms with Gasteiger partial charge in [-0.3, -0.25) is 9.59 Å². The zero-order chi connectivity index (χ0) is 21.2. The van der Waals surface area contributed by atoms with Crippen molar-refractivity contribution in [2.45, 2.75) is 26.3 Å². The maximum Gasteiger partial charge on any atom is 0.263 e. The number of benzene rings is 2. The average Bonchev–Trinajstić information content (AvgIpc) is 2.98. The van der Waals surface area contributed by atoms with Crippen molar-refractivity contribution in [3.8, 4) is 5.75 Å². The third kappa shape index (κ3) is 5.50. The van der Waals surface area contributed by atoms with Crippen LogP contribution in [0.4, 0.5) is 5.69 Å². The van der Waals surface area contributed by atoms with Crippen LogP contribution in [0.3, 0.4) is 0 Å². The van der Waals surface area contributed by atoms with E-state index in [1.807, 2.05) is 39.0 Å². The summed E-state index contributed by atoms with van der Waals surface area (Å²) >= 11 is 11.1. The molecule has 0 radical (unpaired) electrons. The van der Waals surface area contributed by atoms with Gasteiger partial charge in [0.15, 0.2) is 6.61 Å². The molecular weight excluding hydrogens is 476 g/mol. The van der Waals surface area contributed by atoms with Crippen LogP contribution >= 0.6 is 38.9 Å². The average molecular weight is 496 g/mol. The first-order valence-electron chi connectivity index (χ1n) is 8.86. The van der Waals surface area contributed by atoms with Crippen LogP contribution in [0.1, 0.15) is 30.4 Å². The van der Waals surface area contributed by atoms with E-state index < -0.39 is 0 Å². The van der Waals surface area contributed by atoms with E-state index in [1.54, 1.807) is 24.3 Å². The van der Waals surface area contributed by atoms with Gasteiger partial charge in [0.2, 0.25) is 0 Å². The Morgan fingerprint density at radius 1 is 1.14 bits per heavy atom. The Labute approximate surface area is 186 Å². The van der Waals surface area contributed by atoms with Crippen LogP contribution in [0.15, 0.2) is 46.9 Å². The van der Waals surface area contributed by atoms with Crippen molar-refractivity contribution >= 4 is 66.5 Å². The lowest BCUT2D eigenvalue weighted by atomic mass is 10.1. The molecule has 152 valence electrons. The fourth-order valence-corrected chi connectivity index (χ4v) is 4.33. The summed E-state index contributed by atoms with van der Waals surface area (Å²) in [4.78, 5) is 25.3. The standard InChI is InChI=1S/C21H20BrClN2O3S/c1-21(2,3)25-20(27)19-17(23)14-5-4-6-15(18(14)29-19)24-16(26)11-28-13-9-7-12(22)8-10-13/h4-10H,11H2,1-3H3,(H,24,26)(H,25,27). The number of amides is 2. The summed E-state index contributed by atoms with van der Waals surface area (Å²) in [5.74, 6) is 0.0621. The van der Waals surface area contributed by atoms with Gasteiger partial charge in [0.05, 0.1) is 15.4 Å². The van der Waals surface area contributed by atoms with Crippen LogP contribution in [-0.4, -0.2) is 24.0 Å². The molecule has 0 aliphatic rings. The third-order valence-corrected chi connectivity index (χ3v) is 6.08. The highest BCUT2D eigenvalue weighted by Crippen LogP contribution is 2.39. The zero-order valence-corrected chi connectivity index (χ0v) is 19.3. The monoisotopic (exact) mass is 494 g/mol. The Hall–Kier alpha value is -2.09. The molecular formula is C21H20BrClN2O3S. The number of nitrogens with one attached hydrogen (secondary N) is 2. The summed E-state index contributed by atoms with van der Waals surface area (Å²) in [6, 6.07) is 12.6. The molecule has 2 amide bonds. The van der Waals surface area contributed by atoms with Gasteiger partial charge in [-0.15, -0.1) is 11.3 Å². The second-order valence-corrected chi connectivity index (χ2v) is 9.74. The third-order valence-electron chi connectivity index (χ3n) is 3.81. The van der Waals surface area contributed by atoms with Gasteiger partial charge >= 0.3 is 0 Å². The molecule has 3 rings (SSSR count). The highest BCUT2D eigenvalue weighted by molar-refractivity contribution is 9.10. The number of halogens is 2. The van der Waals surface area contributed by atoms with Crippen molar-refractivity contribution in [2.75, 3.05) is 11.9 Å². The Morgan fingerprint density at radius 3 is 2.48 bits per heavy atom. The molecule has 0 spiro atoms. The number of carbonyl (C=O) groups is 2. The number of fused-ring (bicyclic) bond motifs is 1. The van der Waals surface area contributed by atoms with Gasteiger partial charge in [0, 0.05) is 15.4 Å². The first kappa shape index (κ1) is 21.6. The van der Waals surface area contributed by atoms with Crippen molar-refractivity contribution in [1.29, 1.82) is 0 Å². The molecule has 8 heteroatoms. The van der Waals surface area contributed by atoms with Crippen molar-refractivity contribution in [3.05, 3.63) is 56.8 Å². The summed E-state index contributed by atoms with van der Waals surface area (Å²) in [5, 5.41) is 6.87. The number of rotatable bonds is 5. The quantitative estimate of drug-likeness (QED) is 0.466. The minimum atomic E-state index is -0.377. The van der Waals surface area contributed by atoms with E-state index in [0.29, 0.717) is 21.3 Å². The number of anilines is 1. The SMILES string of the molecule is CC(C)(C)NC(=O)c1sc2c(NC(=O)COc3ccc(Br)cc3)cccc2c1Cl. The molecule has 0 bridgehead atoms. The summed E-state index contributed by atoms with van der Waals surface area (Å²) < 4.78 is 7.19. The Bertz CT molecular complexity index is 1060. The lowest BCUT2D eigenvalue weighted by molar-refractivity contribution is -0.118. The van der Waals surface area contributed by atoms with Crippen LogP contribution in [0.25, 0.3) is 10.1 Å². The van der Waals surface area contributed by atoms with Crippen LogP contribution < -0.4 is 15.4 Å². The molecule has 1 aromatic heterocycles. The van der Waals surface area contributed by atoms with Crippen molar-refractivity contribution in [3.63, 3.8) is 0 Å². The highest BCUT2D eigenvalue weighted by atomic mass is 79.9. The molecule has 0 aliphatic heterocycles. The molecule has 0 saturated carbocycles. The smallest absolute Gasteiger partial charge is 0.263 e. The number of carbonyl (C=O) groups excluding carboxylic acids is 2. The Morgan fingerprint density at radius 2 is 1.83 bits per heavy atom. The van der Waals surface area contributed by atoms with E-state index in [-0.39, 0.29) is 24.0 Å². The largest absolute Gasteiger partial charge is 0.484 e. The molecule has 1 heterocycles. The molecule has 5 nitrogen and oxygen atoms in total. The zero-order valence-electron chi connectivity index (χ0n) is 16.1. The molecule has 2 aromatic carbocycles. The lowest BCUT2D eigenvalue weighted by Gasteiger charge is -2.19. The van der Waals surface area contributed by atoms with E-state index in [2.05, 4.69) is 26.6 Å². The second-order valence-electron chi connectivity index (χ2n) is 7.42. The topological polar surface area (TPSA) is 67.4 Å². The first-order valence-corrected chi connectivity index (χ1v) is 10.8. The van der Waals surface area contributed by atoms with Crippen molar-refractivity contribution in [1.82, 2.24) is 5.32 Å². The second kappa shape index (κ2) is 8.73. The minimum Gasteiger partial charge on any atom is -0.484 e. The molecule has 0 saturated heterocycles. The molecule has 29 heavy (non-hydrogen) atoms. The van der Waals surface area contributed by atoms with Gasteiger partial charge in [0.1, 0.15) is 10.6 Å². The fraction of sp³-hybridized carbons (Fsp3) is 0.238. The normalized spacial score (nSPS) is 11.3. The highest BCUT2D eigenvalue weighted by Gasteiger charge is 2.22. The van der Waals surface area contributed by atoms with Crippen LogP contribution in [0.2, 0.25) is 5.02 Å². The van der Waals surface area contributed by atoms with Gasteiger partial charge in [0.25, 0.3) is 11.8 Å². The molecule has 0 fully saturated rings. The minimum absolute atomic E-state index is 0.130. The van der Waals surface area contributed by atoms with Gasteiger partial charge < -0.3 is 15.4 Å². The summed E-state index contributed by atoms with van der Waals surface area (Å²) in [5.41, 5.74) is 0.214. The van der Waals surface area contributed by atoms with Crippen LogP contribution in [-0.2, 0) is 4.79 Å². The Kier molecular flexibility index (Phi) is 6.51. The summed E-state index contributed by atoms with van der Waals surface area (Å²) in [6.07, 6.45) is 0. The number of hydrogen-bond donors (Lipinski definition) is 2. The predicted octanol–water partition coefficient (Wildman–Crippen LogP) is 5.86. The molecule has 0 aliphatic carbocycles. The maximum absolute atomic E-state index is 12.6. The Balaban J connectivity index is 1.77. The van der Waals surface area contributed by atoms with E-state index in [9.17, 15) is 9.59 Å². The molecule has 0 unspecified atom stereocenters. The van der Waals surface area contributed by atoms with Gasteiger partial charge in [-0.25, -0.2) is 0 Å². The van der Waals surface area contributed by atoms with Gasteiger partial charge in [-0.2, -0.15) is 0 Å². The van der Waals surface area contributed by atoms with Gasteiger partial charge in [-0.1, -0.05) is 39.7 Å². The molecule has 2 N–H and O–H groups in total. The van der Waals surface area contributed by atoms with E-state index in [4.69, 9.17) is 16.3 Å². The van der Waals surface area contributed by atoms with E-state index >= 15 is 0 Å². The van der Waals surface area contributed by atoms with Crippen LogP contribution in [0.5, 0.6) is 5.75 Å². The van der Waals surface area contributed by atoms with Crippen molar-refractivity contribution < 1.29 is 14.3 Å². The molecule has 0 atom stereocenters. The van der Waals surface area contributed by atoms with Gasteiger partial charge in [-0.05, 0) is 51.1 Å². The summed E-state index contributed by atoms with van der Waals surface area (Å²) in [6.45, 7) is 5.59. The number of hydrogen-bond acceptors (Lipinski definition) is 4. The first-order chi connectivity index (χ1) is 13.6. The lowest BCUT2D eigenvalue weighted by Crippen LogP contribution is -2.40. The predicted molar refractivity (Wildman–Crippen MR) is 122 cm³/mol. The maximum atomic E-state index is 12.6. The fourth-order valence-electron chi connectivity index (χ4n) is 2.60. The van der Waals surface area contributed by atoms with Crippen molar-refractivity contribution in [2.24, 2.45) is 0 Å². The number of ether oxygens (including phenoxy) is 1.